The standard InChI is InChI=1S/C5H13NO.ClH/c1-2-5(7)3-4-6;/h5,7H,2-4,6H2,1H3;1H/t5-;/m1./s1. The summed E-state index contributed by atoms with van der Waals surface area (Å²) < 4.78 is 0. The van der Waals surface area contributed by atoms with Crippen molar-refractivity contribution in [2.45, 2.75) is 25.9 Å². The monoisotopic (exact) mass is 139 g/mol. The van der Waals surface area contributed by atoms with Crippen LogP contribution in [0.25, 0.3) is 0 Å². The molecule has 3 N–H and O–H groups in total. The van der Waals surface area contributed by atoms with Crippen LogP contribution in [-0.4, -0.2) is 17.8 Å². The van der Waals surface area contributed by atoms with Gasteiger partial charge in [-0.1, -0.05) is 6.92 Å². The second-order valence-electron chi connectivity index (χ2n) is 1.64. The van der Waals surface area contributed by atoms with Crippen molar-refractivity contribution < 1.29 is 5.11 Å². The van der Waals surface area contributed by atoms with Gasteiger partial charge in [0.25, 0.3) is 0 Å². The Morgan fingerprint density at radius 3 is 2.25 bits per heavy atom. The Kier molecular flexibility index (Phi) is 9.97. The van der Waals surface area contributed by atoms with Crippen molar-refractivity contribution >= 4 is 12.4 Å². The summed E-state index contributed by atoms with van der Waals surface area (Å²) in [5, 5.41) is 8.78. The van der Waals surface area contributed by atoms with E-state index in [2.05, 4.69) is 0 Å². The van der Waals surface area contributed by atoms with Crippen LogP contribution in [0, 0.1) is 0 Å². The van der Waals surface area contributed by atoms with E-state index in [0.717, 1.165) is 12.8 Å². The van der Waals surface area contributed by atoms with Crippen molar-refractivity contribution in [1.29, 1.82) is 0 Å². The minimum atomic E-state index is -0.176. The molecule has 0 saturated heterocycles. The molecule has 0 fully saturated rings. The molecule has 0 spiro atoms. The summed E-state index contributed by atoms with van der Waals surface area (Å²) in [5.74, 6) is 0. The molecule has 0 amide bonds. The van der Waals surface area contributed by atoms with Crippen LogP contribution < -0.4 is 5.73 Å². The van der Waals surface area contributed by atoms with E-state index in [4.69, 9.17) is 10.8 Å². The average Bonchev–Trinajstić information content (AvgIpc) is 1.68. The fourth-order valence-electron chi connectivity index (χ4n) is 0.397. The number of aliphatic hydroxyl groups excluding tert-OH is 1. The van der Waals surface area contributed by atoms with E-state index < -0.39 is 0 Å². The number of aliphatic hydroxyl groups is 1. The Morgan fingerprint density at radius 1 is 1.62 bits per heavy atom. The highest BCUT2D eigenvalue weighted by molar-refractivity contribution is 5.85. The van der Waals surface area contributed by atoms with E-state index >= 15 is 0 Å². The first kappa shape index (κ1) is 11.1. The molecule has 2 nitrogen and oxygen atoms in total. The van der Waals surface area contributed by atoms with Gasteiger partial charge in [-0.25, -0.2) is 0 Å². The molecule has 0 radical (unpaired) electrons. The van der Waals surface area contributed by atoms with Gasteiger partial charge in [0.2, 0.25) is 0 Å². The summed E-state index contributed by atoms with van der Waals surface area (Å²) in [6, 6.07) is 0. The van der Waals surface area contributed by atoms with Gasteiger partial charge in [-0.05, 0) is 19.4 Å². The average molecular weight is 140 g/mol. The molecule has 0 aromatic carbocycles. The van der Waals surface area contributed by atoms with Crippen molar-refractivity contribution in [3.63, 3.8) is 0 Å². The molecule has 0 aliphatic rings. The molecular weight excluding hydrogens is 126 g/mol. The van der Waals surface area contributed by atoms with Crippen molar-refractivity contribution in [3.05, 3.63) is 0 Å². The van der Waals surface area contributed by atoms with E-state index in [1.807, 2.05) is 6.92 Å². The summed E-state index contributed by atoms with van der Waals surface area (Å²) in [4.78, 5) is 0. The molecule has 0 aromatic rings. The molecule has 0 rings (SSSR count). The fourth-order valence-corrected chi connectivity index (χ4v) is 0.397. The first-order valence-electron chi connectivity index (χ1n) is 2.69. The van der Waals surface area contributed by atoms with Gasteiger partial charge in [0.05, 0.1) is 6.10 Å². The molecule has 0 unspecified atom stereocenters. The maximum absolute atomic E-state index is 8.78. The van der Waals surface area contributed by atoms with Gasteiger partial charge in [-0.3, -0.25) is 0 Å². The summed E-state index contributed by atoms with van der Waals surface area (Å²) in [5.41, 5.74) is 5.14. The zero-order valence-electron chi connectivity index (χ0n) is 5.13. The van der Waals surface area contributed by atoms with E-state index in [-0.39, 0.29) is 18.5 Å². The van der Waals surface area contributed by atoms with Crippen molar-refractivity contribution in [2.75, 3.05) is 6.54 Å². The molecular formula is C5H14ClNO. The molecule has 52 valence electrons. The van der Waals surface area contributed by atoms with Crippen LogP contribution in [0.5, 0.6) is 0 Å². The zero-order valence-corrected chi connectivity index (χ0v) is 5.95. The molecule has 0 aliphatic carbocycles. The van der Waals surface area contributed by atoms with Gasteiger partial charge in [-0.15, -0.1) is 12.4 Å². The predicted octanol–water partition coefficient (Wildman–Crippen LogP) is 0.528. The molecule has 0 bridgehead atoms. The Morgan fingerprint density at radius 2 is 2.12 bits per heavy atom. The Bertz CT molecular complexity index is 43.4. The number of rotatable bonds is 3. The van der Waals surface area contributed by atoms with Crippen LogP contribution >= 0.6 is 12.4 Å². The highest BCUT2D eigenvalue weighted by Gasteiger charge is 1.94. The van der Waals surface area contributed by atoms with Crippen LogP contribution in [0.4, 0.5) is 0 Å². The van der Waals surface area contributed by atoms with Crippen molar-refractivity contribution in [3.8, 4) is 0 Å². The van der Waals surface area contributed by atoms with Crippen LogP contribution in [-0.2, 0) is 0 Å². The van der Waals surface area contributed by atoms with Gasteiger partial charge in [0.1, 0.15) is 0 Å². The maximum Gasteiger partial charge on any atom is 0.0549 e. The normalized spacial score (nSPS) is 12.4. The molecule has 3 heteroatoms. The third-order valence-corrected chi connectivity index (χ3v) is 0.971. The number of hydrogen-bond donors (Lipinski definition) is 2. The summed E-state index contributed by atoms with van der Waals surface area (Å²) in [6.45, 7) is 2.54. The number of halogens is 1. The SMILES string of the molecule is CC[C@@H](O)CCN.Cl. The van der Waals surface area contributed by atoms with E-state index in [1.165, 1.54) is 0 Å². The molecule has 1 atom stereocenters. The lowest BCUT2D eigenvalue weighted by atomic mass is 10.2. The third kappa shape index (κ3) is 6.21. The predicted molar refractivity (Wildman–Crippen MR) is 37.2 cm³/mol. The minimum Gasteiger partial charge on any atom is -0.393 e. The molecule has 0 aliphatic heterocycles. The quantitative estimate of drug-likeness (QED) is 0.599. The highest BCUT2D eigenvalue weighted by Crippen LogP contribution is 1.91. The lowest BCUT2D eigenvalue weighted by Gasteiger charge is -2.01. The first-order valence-corrected chi connectivity index (χ1v) is 2.69. The Balaban J connectivity index is 0. The van der Waals surface area contributed by atoms with Gasteiger partial charge < -0.3 is 10.8 Å². The first-order chi connectivity index (χ1) is 3.31. The lowest BCUT2D eigenvalue weighted by Crippen LogP contribution is -2.11. The minimum absolute atomic E-state index is 0. The lowest BCUT2D eigenvalue weighted by molar-refractivity contribution is 0.163. The van der Waals surface area contributed by atoms with E-state index in [9.17, 15) is 0 Å². The van der Waals surface area contributed by atoms with Crippen LogP contribution in [0.3, 0.4) is 0 Å². The van der Waals surface area contributed by atoms with E-state index in [1.54, 1.807) is 0 Å². The summed E-state index contributed by atoms with van der Waals surface area (Å²) >= 11 is 0. The van der Waals surface area contributed by atoms with Crippen molar-refractivity contribution in [1.82, 2.24) is 0 Å². The van der Waals surface area contributed by atoms with Gasteiger partial charge >= 0.3 is 0 Å². The highest BCUT2D eigenvalue weighted by atomic mass is 35.5. The molecule has 8 heavy (non-hydrogen) atoms. The van der Waals surface area contributed by atoms with E-state index in [0.29, 0.717) is 6.54 Å². The van der Waals surface area contributed by atoms with Gasteiger partial charge in [0, 0.05) is 0 Å². The largest absolute Gasteiger partial charge is 0.393 e. The molecule has 0 aromatic heterocycles. The summed E-state index contributed by atoms with van der Waals surface area (Å²) in [6.07, 6.45) is 1.37. The van der Waals surface area contributed by atoms with Crippen LogP contribution in [0.2, 0.25) is 0 Å². The summed E-state index contributed by atoms with van der Waals surface area (Å²) in [7, 11) is 0. The maximum atomic E-state index is 8.78. The van der Waals surface area contributed by atoms with Crippen molar-refractivity contribution in [2.24, 2.45) is 5.73 Å². The van der Waals surface area contributed by atoms with Crippen LogP contribution in [0.1, 0.15) is 19.8 Å². The Labute approximate surface area is 56.5 Å². The number of hydrogen-bond acceptors (Lipinski definition) is 2. The second kappa shape index (κ2) is 7.21. The van der Waals surface area contributed by atoms with Crippen LogP contribution in [0.15, 0.2) is 0 Å². The number of nitrogens with two attached hydrogens (primary N) is 1. The molecule has 0 heterocycles. The second-order valence-corrected chi connectivity index (χ2v) is 1.64. The molecule has 0 saturated carbocycles. The fraction of sp³-hybridized carbons (Fsp3) is 1.00. The van der Waals surface area contributed by atoms with Gasteiger partial charge in [-0.2, -0.15) is 0 Å². The third-order valence-electron chi connectivity index (χ3n) is 0.971. The smallest absolute Gasteiger partial charge is 0.0549 e. The zero-order chi connectivity index (χ0) is 5.70. The Hall–Kier alpha value is 0.210. The topological polar surface area (TPSA) is 46.2 Å². The van der Waals surface area contributed by atoms with Gasteiger partial charge in [0.15, 0.2) is 0 Å².